The highest BCUT2D eigenvalue weighted by Gasteiger charge is 2.29. The van der Waals surface area contributed by atoms with E-state index in [-0.39, 0.29) is 6.04 Å². The van der Waals surface area contributed by atoms with Crippen LogP contribution in [-0.2, 0) is 0 Å². The second-order valence-electron chi connectivity index (χ2n) is 3.45. The number of aliphatic imine (C=N–C) groups is 1. The highest BCUT2D eigenvalue weighted by Crippen LogP contribution is 2.36. The lowest BCUT2D eigenvalue weighted by atomic mass is 10.2. The Labute approximate surface area is 87.5 Å². The van der Waals surface area contributed by atoms with Crippen LogP contribution in [0.4, 0.5) is 11.4 Å². The van der Waals surface area contributed by atoms with E-state index in [9.17, 15) is 0 Å². The van der Waals surface area contributed by atoms with E-state index in [4.69, 9.17) is 11.6 Å². The molecule has 70 valence electrons. The molecule has 0 bridgehead atoms. The van der Waals surface area contributed by atoms with Gasteiger partial charge in [-0.1, -0.05) is 35.9 Å². The summed E-state index contributed by atoms with van der Waals surface area (Å²) in [6.45, 7) is 0.924. The lowest BCUT2D eigenvalue weighted by molar-refractivity contribution is 0.916. The second kappa shape index (κ2) is 2.85. The molecule has 0 radical (unpaired) electrons. The first-order valence-corrected chi connectivity index (χ1v) is 5.00. The van der Waals surface area contributed by atoms with Crippen LogP contribution in [0.5, 0.6) is 0 Å². The van der Waals surface area contributed by atoms with Gasteiger partial charge in [-0.3, -0.25) is 0 Å². The van der Waals surface area contributed by atoms with Gasteiger partial charge in [0.15, 0.2) is 0 Å². The molecule has 2 aliphatic rings. The Morgan fingerprint density at radius 3 is 3.14 bits per heavy atom. The summed E-state index contributed by atoms with van der Waals surface area (Å²) in [4.78, 5) is 6.63. The minimum atomic E-state index is 0.159. The van der Waals surface area contributed by atoms with Crippen LogP contribution in [0.2, 0.25) is 0 Å². The van der Waals surface area contributed by atoms with E-state index in [1.165, 1.54) is 5.69 Å². The second-order valence-corrected chi connectivity index (χ2v) is 3.84. The fourth-order valence-corrected chi connectivity index (χ4v) is 2.24. The van der Waals surface area contributed by atoms with Crippen LogP contribution >= 0.6 is 11.6 Å². The zero-order valence-electron chi connectivity index (χ0n) is 7.52. The van der Waals surface area contributed by atoms with Gasteiger partial charge in [-0.2, -0.15) is 0 Å². The van der Waals surface area contributed by atoms with E-state index in [2.05, 4.69) is 28.1 Å². The molecule has 0 spiro atoms. The van der Waals surface area contributed by atoms with Crippen LogP contribution in [0.25, 0.3) is 0 Å². The quantitative estimate of drug-likeness (QED) is 0.594. The van der Waals surface area contributed by atoms with Crippen LogP contribution in [-0.4, -0.2) is 17.8 Å². The van der Waals surface area contributed by atoms with E-state index in [0.717, 1.165) is 12.2 Å². The van der Waals surface area contributed by atoms with Gasteiger partial charge < -0.3 is 4.90 Å². The average molecular weight is 205 g/mol. The number of anilines is 1. The van der Waals surface area contributed by atoms with Gasteiger partial charge in [0.1, 0.15) is 11.2 Å². The fraction of sp³-hybridized carbons (Fsp3) is 0.182. The third-order valence-corrected chi connectivity index (χ3v) is 2.93. The third-order valence-electron chi connectivity index (χ3n) is 2.62. The van der Waals surface area contributed by atoms with E-state index in [1.807, 2.05) is 18.2 Å². The monoisotopic (exact) mass is 204 g/mol. The first kappa shape index (κ1) is 8.06. The molecule has 0 saturated heterocycles. The number of halogens is 1. The van der Waals surface area contributed by atoms with Crippen LogP contribution in [0.3, 0.4) is 0 Å². The number of rotatable bonds is 0. The predicted octanol–water partition coefficient (Wildman–Crippen LogP) is 2.71. The molecule has 0 fully saturated rings. The van der Waals surface area contributed by atoms with Crippen LogP contribution < -0.4 is 4.90 Å². The summed E-state index contributed by atoms with van der Waals surface area (Å²) in [6.07, 6.45) is 4.23. The van der Waals surface area contributed by atoms with Crippen molar-refractivity contribution in [3.05, 3.63) is 36.4 Å². The van der Waals surface area contributed by atoms with Gasteiger partial charge in [0.25, 0.3) is 0 Å². The van der Waals surface area contributed by atoms with Gasteiger partial charge in [-0.05, 0) is 12.1 Å². The molecule has 2 nitrogen and oxygen atoms in total. The topological polar surface area (TPSA) is 15.6 Å². The van der Waals surface area contributed by atoms with Crippen LogP contribution in [0.15, 0.2) is 41.4 Å². The van der Waals surface area contributed by atoms with Crippen LogP contribution in [0.1, 0.15) is 0 Å². The molecule has 2 aliphatic heterocycles. The standard InChI is InChI=1S/C11H9ClN2/c12-11-10-6-3-7-14(10)9-5-2-1-4-8(9)13-11/h1-6,10H,7H2. The molecule has 0 N–H and O–H groups in total. The maximum absolute atomic E-state index is 6.10. The number of hydrogen-bond donors (Lipinski definition) is 0. The van der Waals surface area contributed by atoms with Crippen molar-refractivity contribution in [2.45, 2.75) is 6.04 Å². The minimum Gasteiger partial charge on any atom is -0.353 e. The Hall–Kier alpha value is -1.28. The molecule has 1 aromatic carbocycles. The fourth-order valence-electron chi connectivity index (χ4n) is 1.96. The Balaban J connectivity index is 2.19. The summed E-state index contributed by atoms with van der Waals surface area (Å²) in [6, 6.07) is 8.25. The number of nitrogens with zero attached hydrogens (tertiary/aromatic N) is 2. The van der Waals surface area contributed by atoms with Gasteiger partial charge in [0, 0.05) is 6.54 Å². The molecule has 14 heavy (non-hydrogen) atoms. The highest BCUT2D eigenvalue weighted by molar-refractivity contribution is 6.67. The molecule has 2 heterocycles. The van der Waals surface area contributed by atoms with Gasteiger partial charge in [0.05, 0.1) is 11.4 Å². The molecule has 0 aliphatic carbocycles. The maximum atomic E-state index is 6.10. The molecule has 1 aromatic rings. The summed E-state index contributed by atoms with van der Waals surface area (Å²) in [5, 5.41) is 0.664. The number of benzene rings is 1. The predicted molar refractivity (Wildman–Crippen MR) is 59.7 cm³/mol. The number of hydrogen-bond acceptors (Lipinski definition) is 2. The lowest BCUT2D eigenvalue weighted by Gasteiger charge is -2.30. The SMILES string of the molecule is ClC1=Nc2ccccc2N2CC=CC12. The largest absolute Gasteiger partial charge is 0.353 e. The van der Waals surface area contributed by atoms with Crippen LogP contribution in [0, 0.1) is 0 Å². The van der Waals surface area contributed by atoms with Crippen molar-refractivity contribution in [2.75, 3.05) is 11.4 Å². The first-order valence-electron chi connectivity index (χ1n) is 4.63. The molecular formula is C11H9ClN2. The minimum absolute atomic E-state index is 0.159. The summed E-state index contributed by atoms with van der Waals surface area (Å²) >= 11 is 6.10. The van der Waals surface area contributed by atoms with Gasteiger partial charge in [-0.15, -0.1) is 0 Å². The molecule has 0 aromatic heterocycles. The van der Waals surface area contributed by atoms with E-state index in [0.29, 0.717) is 5.17 Å². The van der Waals surface area contributed by atoms with Crippen molar-refractivity contribution in [1.29, 1.82) is 0 Å². The zero-order chi connectivity index (χ0) is 9.54. The Kier molecular flexibility index (Phi) is 1.64. The van der Waals surface area contributed by atoms with Gasteiger partial charge in [0.2, 0.25) is 0 Å². The smallest absolute Gasteiger partial charge is 0.133 e. The van der Waals surface area contributed by atoms with Crippen molar-refractivity contribution >= 4 is 28.1 Å². The molecule has 1 atom stereocenters. The summed E-state index contributed by atoms with van der Waals surface area (Å²) in [5.41, 5.74) is 2.14. The van der Waals surface area contributed by atoms with Crippen molar-refractivity contribution in [1.82, 2.24) is 0 Å². The van der Waals surface area contributed by atoms with Gasteiger partial charge >= 0.3 is 0 Å². The number of fused-ring (bicyclic) bond motifs is 3. The molecule has 1 unspecified atom stereocenters. The van der Waals surface area contributed by atoms with Crippen molar-refractivity contribution < 1.29 is 0 Å². The van der Waals surface area contributed by atoms with E-state index in [1.54, 1.807) is 0 Å². The van der Waals surface area contributed by atoms with Crippen molar-refractivity contribution in [3.63, 3.8) is 0 Å². The Morgan fingerprint density at radius 2 is 2.21 bits per heavy atom. The molecule has 3 heteroatoms. The summed E-state index contributed by atoms with van der Waals surface area (Å²) in [5.74, 6) is 0. The van der Waals surface area contributed by atoms with Crippen molar-refractivity contribution in [3.8, 4) is 0 Å². The molecular weight excluding hydrogens is 196 g/mol. The number of para-hydroxylation sites is 2. The molecule has 0 saturated carbocycles. The highest BCUT2D eigenvalue weighted by atomic mass is 35.5. The maximum Gasteiger partial charge on any atom is 0.133 e. The lowest BCUT2D eigenvalue weighted by Crippen LogP contribution is -2.36. The van der Waals surface area contributed by atoms with Crippen molar-refractivity contribution in [2.24, 2.45) is 4.99 Å². The Bertz CT molecular complexity index is 437. The zero-order valence-corrected chi connectivity index (χ0v) is 8.28. The Morgan fingerprint density at radius 1 is 1.36 bits per heavy atom. The summed E-state index contributed by atoms with van der Waals surface area (Å²) < 4.78 is 0. The molecule has 0 amide bonds. The average Bonchev–Trinajstić information content (AvgIpc) is 2.67. The summed E-state index contributed by atoms with van der Waals surface area (Å²) in [7, 11) is 0. The normalized spacial score (nSPS) is 23.1. The molecule has 3 rings (SSSR count). The van der Waals surface area contributed by atoms with E-state index < -0.39 is 0 Å². The third kappa shape index (κ3) is 1.01. The van der Waals surface area contributed by atoms with Gasteiger partial charge in [-0.25, -0.2) is 4.99 Å². The van der Waals surface area contributed by atoms with E-state index >= 15 is 0 Å². The first-order chi connectivity index (χ1) is 6.86.